The standard InChI is InChI=1S/C30H33N5O4S/c1-3-16-34-26-20-25(31-28(26)29(36)35(17-4-2)30(34)37)24-12-8-9-13-27(24)40(38,39)32-23-14-18-33(19-15-23)21-22-10-6-5-7-11-22/h5-15,18,20,31-32H,3-4,16-17,19,21H2,1-2H3. The highest BCUT2D eigenvalue weighted by Crippen LogP contribution is 2.29. The van der Waals surface area contributed by atoms with Crippen LogP contribution in [0.4, 0.5) is 0 Å². The van der Waals surface area contributed by atoms with Gasteiger partial charge in [-0.05, 0) is 42.7 Å². The molecule has 40 heavy (non-hydrogen) atoms. The quantitative estimate of drug-likeness (QED) is 0.303. The third kappa shape index (κ3) is 5.40. The van der Waals surface area contributed by atoms with E-state index in [0.29, 0.717) is 54.9 Å². The number of aromatic nitrogens is 3. The van der Waals surface area contributed by atoms with Crippen molar-refractivity contribution in [3.63, 3.8) is 0 Å². The highest BCUT2D eigenvalue weighted by atomic mass is 32.2. The summed E-state index contributed by atoms with van der Waals surface area (Å²) in [4.78, 5) is 31.6. The number of allylic oxidation sites excluding steroid dienone is 1. The number of aryl methyl sites for hydroxylation is 1. The summed E-state index contributed by atoms with van der Waals surface area (Å²) in [7, 11) is -3.97. The van der Waals surface area contributed by atoms with Crippen molar-refractivity contribution in [3.05, 3.63) is 111 Å². The molecule has 0 saturated carbocycles. The molecule has 1 aliphatic heterocycles. The number of benzene rings is 2. The Morgan fingerprint density at radius 1 is 0.925 bits per heavy atom. The Labute approximate surface area is 233 Å². The smallest absolute Gasteiger partial charge is 0.331 e. The summed E-state index contributed by atoms with van der Waals surface area (Å²) in [5, 5.41) is 0. The van der Waals surface area contributed by atoms with E-state index in [1.54, 1.807) is 34.9 Å². The Hall–Kier alpha value is -4.31. The lowest BCUT2D eigenvalue weighted by Crippen LogP contribution is -2.39. The van der Waals surface area contributed by atoms with Crippen molar-refractivity contribution in [2.45, 2.75) is 51.2 Å². The van der Waals surface area contributed by atoms with Gasteiger partial charge in [0.2, 0.25) is 0 Å². The number of fused-ring (bicyclic) bond motifs is 1. The van der Waals surface area contributed by atoms with Crippen molar-refractivity contribution in [2.75, 3.05) is 6.54 Å². The van der Waals surface area contributed by atoms with Crippen molar-refractivity contribution >= 4 is 21.1 Å². The summed E-state index contributed by atoms with van der Waals surface area (Å²) in [5.74, 6) is 0. The predicted octanol–water partition coefficient (Wildman–Crippen LogP) is 4.17. The molecule has 0 radical (unpaired) electrons. The Morgan fingerprint density at radius 3 is 2.33 bits per heavy atom. The minimum Gasteiger partial charge on any atom is -0.369 e. The molecule has 9 nitrogen and oxygen atoms in total. The van der Waals surface area contributed by atoms with Crippen LogP contribution in [0.1, 0.15) is 32.3 Å². The second kappa shape index (κ2) is 11.4. The van der Waals surface area contributed by atoms with Gasteiger partial charge in [-0.3, -0.25) is 18.7 Å². The van der Waals surface area contributed by atoms with Gasteiger partial charge in [0.1, 0.15) is 5.52 Å². The molecule has 2 N–H and O–H groups in total. The number of hydrogen-bond donors (Lipinski definition) is 2. The van der Waals surface area contributed by atoms with Gasteiger partial charge in [0.05, 0.1) is 10.4 Å². The highest BCUT2D eigenvalue weighted by molar-refractivity contribution is 7.89. The van der Waals surface area contributed by atoms with Crippen molar-refractivity contribution in [3.8, 4) is 11.3 Å². The SMILES string of the molecule is CCCn1c(=O)c2[nH]c(-c3ccccc3S(=O)(=O)NC3=CCN(Cc4ccccc4)C=C3)cc2n(CCC)c1=O. The van der Waals surface area contributed by atoms with Gasteiger partial charge in [-0.1, -0.05) is 62.4 Å². The van der Waals surface area contributed by atoms with Crippen LogP contribution in [0.25, 0.3) is 22.3 Å². The average molecular weight is 560 g/mol. The third-order valence-electron chi connectivity index (χ3n) is 6.86. The first-order valence-electron chi connectivity index (χ1n) is 13.5. The maximum atomic E-state index is 13.6. The molecule has 10 heteroatoms. The monoisotopic (exact) mass is 559 g/mol. The molecule has 0 aliphatic carbocycles. The largest absolute Gasteiger partial charge is 0.369 e. The molecular weight excluding hydrogens is 526 g/mol. The highest BCUT2D eigenvalue weighted by Gasteiger charge is 2.23. The molecule has 4 aromatic rings. The van der Waals surface area contributed by atoms with Crippen LogP contribution in [0.15, 0.2) is 99.2 Å². The molecule has 5 rings (SSSR count). The summed E-state index contributed by atoms with van der Waals surface area (Å²) in [6.45, 7) is 5.91. The fourth-order valence-corrected chi connectivity index (χ4v) is 6.27. The van der Waals surface area contributed by atoms with Crippen LogP contribution in [-0.2, 0) is 29.7 Å². The summed E-state index contributed by atoms with van der Waals surface area (Å²) in [6, 6.07) is 18.4. The third-order valence-corrected chi connectivity index (χ3v) is 8.30. The lowest BCUT2D eigenvalue weighted by molar-refractivity contribution is 0.403. The zero-order valence-corrected chi connectivity index (χ0v) is 23.4. The van der Waals surface area contributed by atoms with E-state index in [4.69, 9.17) is 0 Å². The topological polar surface area (TPSA) is 109 Å². The van der Waals surface area contributed by atoms with Crippen molar-refractivity contribution in [1.82, 2.24) is 23.7 Å². The molecule has 0 bridgehead atoms. The fourth-order valence-electron chi connectivity index (χ4n) is 4.97. The number of aromatic amines is 1. The number of rotatable bonds is 10. The van der Waals surface area contributed by atoms with E-state index in [-0.39, 0.29) is 16.1 Å². The molecule has 0 unspecified atom stereocenters. The lowest BCUT2D eigenvalue weighted by atomic mass is 10.1. The summed E-state index contributed by atoms with van der Waals surface area (Å²) in [5.41, 5.74) is 2.51. The molecular formula is C30H33N5O4S. The Morgan fingerprint density at radius 2 is 1.62 bits per heavy atom. The molecule has 2 aromatic heterocycles. The van der Waals surface area contributed by atoms with Gasteiger partial charge >= 0.3 is 5.69 Å². The van der Waals surface area contributed by atoms with E-state index in [1.165, 1.54) is 16.2 Å². The van der Waals surface area contributed by atoms with E-state index in [1.807, 2.05) is 44.3 Å². The molecule has 2 aromatic carbocycles. The molecule has 208 valence electrons. The summed E-state index contributed by atoms with van der Waals surface area (Å²) in [6.07, 6.45) is 6.81. The van der Waals surface area contributed by atoms with Gasteiger partial charge in [-0.2, -0.15) is 0 Å². The van der Waals surface area contributed by atoms with E-state index in [0.717, 1.165) is 6.54 Å². The number of H-pyrrole nitrogens is 1. The van der Waals surface area contributed by atoms with Crippen LogP contribution < -0.4 is 16.0 Å². The molecule has 0 atom stereocenters. The average Bonchev–Trinajstić information content (AvgIpc) is 3.40. The molecule has 0 fully saturated rings. The Balaban J connectivity index is 1.46. The van der Waals surface area contributed by atoms with E-state index < -0.39 is 15.6 Å². The van der Waals surface area contributed by atoms with Crippen LogP contribution in [0.5, 0.6) is 0 Å². The maximum Gasteiger partial charge on any atom is 0.331 e. The van der Waals surface area contributed by atoms with Crippen LogP contribution >= 0.6 is 0 Å². The molecule has 0 saturated heterocycles. The Bertz CT molecular complexity index is 1810. The minimum atomic E-state index is -3.97. The van der Waals surface area contributed by atoms with Crippen LogP contribution in [0.2, 0.25) is 0 Å². The second-order valence-electron chi connectivity index (χ2n) is 9.83. The first kappa shape index (κ1) is 27.3. The number of nitrogens with zero attached hydrogens (tertiary/aromatic N) is 3. The van der Waals surface area contributed by atoms with Crippen molar-refractivity contribution < 1.29 is 8.42 Å². The fraction of sp³-hybridized carbons (Fsp3) is 0.267. The van der Waals surface area contributed by atoms with Gasteiger partial charge in [0.25, 0.3) is 15.6 Å². The minimum absolute atomic E-state index is 0.0702. The zero-order valence-electron chi connectivity index (χ0n) is 22.6. The molecule has 0 amide bonds. The lowest BCUT2D eigenvalue weighted by Gasteiger charge is -2.23. The number of hydrogen-bond acceptors (Lipinski definition) is 5. The first-order chi connectivity index (χ1) is 19.3. The van der Waals surface area contributed by atoms with E-state index in [9.17, 15) is 18.0 Å². The van der Waals surface area contributed by atoms with Gasteiger partial charge in [-0.25, -0.2) is 13.2 Å². The molecule has 0 spiro atoms. The van der Waals surface area contributed by atoms with Gasteiger partial charge in [0.15, 0.2) is 0 Å². The maximum absolute atomic E-state index is 13.6. The molecule has 1 aliphatic rings. The summed E-state index contributed by atoms with van der Waals surface area (Å²) < 4.78 is 32.7. The van der Waals surface area contributed by atoms with Gasteiger partial charge in [0, 0.05) is 49.3 Å². The number of sulfonamides is 1. The second-order valence-corrected chi connectivity index (χ2v) is 11.5. The van der Waals surface area contributed by atoms with Crippen LogP contribution in [0.3, 0.4) is 0 Å². The Kier molecular flexibility index (Phi) is 7.79. The summed E-state index contributed by atoms with van der Waals surface area (Å²) >= 11 is 0. The van der Waals surface area contributed by atoms with E-state index in [2.05, 4.69) is 26.7 Å². The molecule has 3 heterocycles. The van der Waals surface area contributed by atoms with Crippen LogP contribution in [-0.4, -0.2) is 34.0 Å². The van der Waals surface area contributed by atoms with Crippen molar-refractivity contribution in [2.24, 2.45) is 0 Å². The predicted molar refractivity (Wildman–Crippen MR) is 157 cm³/mol. The van der Waals surface area contributed by atoms with Crippen LogP contribution in [0, 0.1) is 0 Å². The normalized spacial score (nSPS) is 13.6. The zero-order chi connectivity index (χ0) is 28.3. The number of nitrogens with one attached hydrogen (secondary N) is 2. The first-order valence-corrected chi connectivity index (χ1v) is 15.0. The van der Waals surface area contributed by atoms with E-state index >= 15 is 0 Å². The van der Waals surface area contributed by atoms with Gasteiger partial charge < -0.3 is 9.88 Å². The van der Waals surface area contributed by atoms with Gasteiger partial charge in [-0.15, -0.1) is 0 Å². The van der Waals surface area contributed by atoms with Crippen molar-refractivity contribution in [1.29, 1.82) is 0 Å².